The number of nitrogens with zero attached hydrogens (tertiary/aromatic N) is 3. The molecule has 0 saturated heterocycles. The second-order valence-electron chi connectivity index (χ2n) is 3.93. The molecule has 0 saturated carbocycles. The van der Waals surface area contributed by atoms with Crippen molar-refractivity contribution in [2.45, 2.75) is 20.0 Å². The van der Waals surface area contributed by atoms with Crippen LogP contribution < -0.4 is 0 Å². The van der Waals surface area contributed by atoms with Gasteiger partial charge in [-0.25, -0.2) is 9.97 Å². The number of hydrogen-bond acceptors (Lipinski definition) is 3. The van der Waals surface area contributed by atoms with Crippen LogP contribution in [-0.4, -0.2) is 15.0 Å². The van der Waals surface area contributed by atoms with E-state index in [0.29, 0.717) is 22.6 Å². The van der Waals surface area contributed by atoms with E-state index in [1.807, 2.05) is 0 Å². The van der Waals surface area contributed by atoms with Gasteiger partial charge in [0.15, 0.2) is 0 Å². The number of hydrogen-bond donors (Lipinski definition) is 0. The average Bonchev–Trinajstić information content (AvgIpc) is 2.27. The van der Waals surface area contributed by atoms with Gasteiger partial charge in [-0.05, 0) is 26.0 Å². The van der Waals surface area contributed by atoms with Crippen molar-refractivity contribution >= 4 is 0 Å². The first-order valence-electron chi connectivity index (χ1n) is 5.21. The summed E-state index contributed by atoms with van der Waals surface area (Å²) in [7, 11) is 0. The molecule has 0 atom stereocenters. The van der Waals surface area contributed by atoms with E-state index in [2.05, 4.69) is 15.0 Å². The minimum Gasteiger partial charge on any atom is -0.261 e. The van der Waals surface area contributed by atoms with E-state index in [9.17, 15) is 13.2 Å². The average molecular weight is 253 g/mol. The molecule has 2 rings (SSSR count). The maximum atomic E-state index is 12.6. The van der Waals surface area contributed by atoms with Crippen LogP contribution in [0.3, 0.4) is 0 Å². The Hall–Kier alpha value is -1.98. The predicted octanol–water partition coefficient (Wildman–Crippen LogP) is 3.17. The quantitative estimate of drug-likeness (QED) is 0.783. The van der Waals surface area contributed by atoms with E-state index in [0.717, 1.165) is 6.07 Å². The highest BCUT2D eigenvalue weighted by Crippen LogP contribution is 2.30. The Morgan fingerprint density at radius 3 is 2.28 bits per heavy atom. The molecule has 0 spiro atoms. The zero-order valence-electron chi connectivity index (χ0n) is 9.78. The Bertz CT molecular complexity index is 579. The SMILES string of the molecule is Cc1cncc(-c2cc(C)nc(C(F)(F)F)c2)n1. The van der Waals surface area contributed by atoms with E-state index < -0.39 is 11.9 Å². The summed E-state index contributed by atoms with van der Waals surface area (Å²) in [5.41, 5.74) is 0.802. The molecule has 2 aromatic heterocycles. The summed E-state index contributed by atoms with van der Waals surface area (Å²) < 4.78 is 37.9. The van der Waals surface area contributed by atoms with Crippen LogP contribution in [0.15, 0.2) is 24.5 Å². The fourth-order valence-corrected chi connectivity index (χ4v) is 1.56. The van der Waals surface area contributed by atoms with Gasteiger partial charge in [0.05, 0.1) is 17.6 Å². The highest BCUT2D eigenvalue weighted by molar-refractivity contribution is 5.59. The Balaban J connectivity index is 2.55. The summed E-state index contributed by atoms with van der Waals surface area (Å²) in [5, 5.41) is 0. The number of rotatable bonds is 1. The summed E-state index contributed by atoms with van der Waals surface area (Å²) in [5.74, 6) is 0. The van der Waals surface area contributed by atoms with Crippen molar-refractivity contribution < 1.29 is 13.2 Å². The van der Waals surface area contributed by atoms with Crippen molar-refractivity contribution in [3.05, 3.63) is 41.6 Å². The zero-order chi connectivity index (χ0) is 13.3. The Kier molecular flexibility index (Phi) is 3.02. The standard InChI is InChI=1S/C12H10F3N3/c1-7-3-9(4-11(18-7)12(13,14)15)10-6-16-5-8(2)17-10/h3-6H,1-2H3. The Morgan fingerprint density at radius 1 is 0.944 bits per heavy atom. The van der Waals surface area contributed by atoms with Crippen molar-refractivity contribution in [2.75, 3.05) is 0 Å². The van der Waals surface area contributed by atoms with E-state index in [1.54, 1.807) is 19.2 Å². The normalized spacial score (nSPS) is 11.6. The molecule has 3 nitrogen and oxygen atoms in total. The predicted molar refractivity (Wildman–Crippen MR) is 59.7 cm³/mol. The van der Waals surface area contributed by atoms with Crippen LogP contribution in [0.25, 0.3) is 11.3 Å². The lowest BCUT2D eigenvalue weighted by atomic mass is 10.1. The van der Waals surface area contributed by atoms with Crippen LogP contribution in [0.2, 0.25) is 0 Å². The van der Waals surface area contributed by atoms with Gasteiger partial charge in [-0.3, -0.25) is 4.98 Å². The van der Waals surface area contributed by atoms with Crippen LogP contribution in [0.4, 0.5) is 13.2 Å². The fraction of sp³-hybridized carbons (Fsp3) is 0.250. The summed E-state index contributed by atoms with van der Waals surface area (Å²) in [4.78, 5) is 11.5. The van der Waals surface area contributed by atoms with E-state index >= 15 is 0 Å². The highest BCUT2D eigenvalue weighted by Gasteiger charge is 2.33. The fourth-order valence-electron chi connectivity index (χ4n) is 1.56. The maximum absolute atomic E-state index is 12.6. The number of aryl methyl sites for hydroxylation is 2. The summed E-state index contributed by atoms with van der Waals surface area (Å²) >= 11 is 0. The monoisotopic (exact) mass is 253 g/mol. The number of halogens is 3. The lowest BCUT2D eigenvalue weighted by Gasteiger charge is -2.09. The first kappa shape index (κ1) is 12.5. The first-order valence-corrected chi connectivity index (χ1v) is 5.21. The smallest absolute Gasteiger partial charge is 0.261 e. The molecule has 0 aliphatic carbocycles. The van der Waals surface area contributed by atoms with Gasteiger partial charge in [0.25, 0.3) is 0 Å². The molecular weight excluding hydrogens is 243 g/mol. The molecule has 18 heavy (non-hydrogen) atoms. The first-order chi connectivity index (χ1) is 8.36. The number of pyridine rings is 1. The molecule has 2 heterocycles. The summed E-state index contributed by atoms with van der Waals surface area (Å²) in [6.45, 7) is 3.25. The zero-order valence-corrected chi connectivity index (χ0v) is 9.78. The van der Waals surface area contributed by atoms with Gasteiger partial charge < -0.3 is 0 Å². The largest absolute Gasteiger partial charge is 0.433 e. The van der Waals surface area contributed by atoms with Gasteiger partial charge in [0, 0.05) is 17.5 Å². The van der Waals surface area contributed by atoms with E-state index in [-0.39, 0.29) is 0 Å². The summed E-state index contributed by atoms with van der Waals surface area (Å²) in [6, 6.07) is 2.54. The van der Waals surface area contributed by atoms with Gasteiger partial charge in [-0.2, -0.15) is 13.2 Å². The third-order valence-corrected chi connectivity index (χ3v) is 2.29. The van der Waals surface area contributed by atoms with Crippen LogP contribution >= 0.6 is 0 Å². The van der Waals surface area contributed by atoms with Crippen LogP contribution in [0.5, 0.6) is 0 Å². The van der Waals surface area contributed by atoms with E-state index in [1.165, 1.54) is 13.1 Å². The maximum Gasteiger partial charge on any atom is 0.433 e. The van der Waals surface area contributed by atoms with Gasteiger partial charge in [-0.1, -0.05) is 0 Å². The highest BCUT2D eigenvalue weighted by atomic mass is 19.4. The van der Waals surface area contributed by atoms with Crippen molar-refractivity contribution in [1.29, 1.82) is 0 Å². The molecule has 0 bridgehead atoms. The molecule has 0 aliphatic rings. The lowest BCUT2D eigenvalue weighted by Crippen LogP contribution is -2.09. The number of aromatic nitrogens is 3. The molecule has 0 aliphatic heterocycles. The van der Waals surface area contributed by atoms with Crippen LogP contribution in [0.1, 0.15) is 17.1 Å². The van der Waals surface area contributed by atoms with Crippen molar-refractivity contribution in [1.82, 2.24) is 15.0 Å². The summed E-state index contributed by atoms with van der Waals surface area (Å²) in [6.07, 6.45) is -1.48. The second-order valence-corrected chi connectivity index (χ2v) is 3.93. The molecule has 0 aromatic carbocycles. The third-order valence-electron chi connectivity index (χ3n) is 2.29. The second kappa shape index (κ2) is 4.36. The van der Waals surface area contributed by atoms with Gasteiger partial charge >= 0.3 is 6.18 Å². The van der Waals surface area contributed by atoms with Crippen molar-refractivity contribution in [3.63, 3.8) is 0 Å². The van der Waals surface area contributed by atoms with Gasteiger partial charge in [-0.15, -0.1) is 0 Å². The molecule has 2 aromatic rings. The van der Waals surface area contributed by atoms with Gasteiger partial charge in [0.1, 0.15) is 5.69 Å². The molecular formula is C12H10F3N3. The molecule has 6 heteroatoms. The van der Waals surface area contributed by atoms with Crippen LogP contribution in [-0.2, 0) is 6.18 Å². The van der Waals surface area contributed by atoms with Gasteiger partial charge in [0.2, 0.25) is 0 Å². The van der Waals surface area contributed by atoms with Crippen molar-refractivity contribution in [2.24, 2.45) is 0 Å². The molecule has 94 valence electrons. The molecule has 0 N–H and O–H groups in total. The molecule has 0 fully saturated rings. The minimum atomic E-state index is -4.46. The Morgan fingerprint density at radius 2 is 1.67 bits per heavy atom. The van der Waals surface area contributed by atoms with Crippen molar-refractivity contribution in [3.8, 4) is 11.3 Å². The number of alkyl halides is 3. The molecule has 0 radical (unpaired) electrons. The molecule has 0 amide bonds. The minimum absolute atomic E-state index is 0.295. The van der Waals surface area contributed by atoms with E-state index in [4.69, 9.17) is 0 Å². The molecule has 0 unspecified atom stereocenters. The topological polar surface area (TPSA) is 38.7 Å². The van der Waals surface area contributed by atoms with Crippen LogP contribution in [0, 0.1) is 13.8 Å². The lowest BCUT2D eigenvalue weighted by molar-refractivity contribution is -0.141. The Labute approximate surface area is 102 Å². The third kappa shape index (κ3) is 2.64.